The molecule has 65 heavy (non-hydrogen) atoms. The van der Waals surface area contributed by atoms with Crippen LogP contribution in [0.5, 0.6) is 0 Å². The molecular formula is C59H39N5S. The van der Waals surface area contributed by atoms with Crippen molar-refractivity contribution in [3.05, 3.63) is 206 Å². The summed E-state index contributed by atoms with van der Waals surface area (Å²) in [5.41, 5.74) is 11.8. The van der Waals surface area contributed by atoms with Crippen molar-refractivity contribution < 1.29 is 0 Å². The van der Waals surface area contributed by atoms with E-state index in [0.717, 1.165) is 83.9 Å². The zero-order valence-electron chi connectivity index (χ0n) is 35.5. The molecule has 0 radical (unpaired) electrons. The Balaban J connectivity index is 0.941. The second kappa shape index (κ2) is 15.0. The summed E-state index contributed by atoms with van der Waals surface area (Å²) in [7, 11) is 0. The lowest BCUT2D eigenvalue weighted by molar-refractivity contribution is 0.742. The highest BCUT2D eigenvalue weighted by atomic mass is 32.1. The minimum absolute atomic E-state index is 0.396. The molecule has 0 spiro atoms. The van der Waals surface area contributed by atoms with Gasteiger partial charge in [-0.25, -0.2) is 19.9 Å². The Morgan fingerprint density at radius 3 is 1.95 bits per heavy atom. The fourth-order valence-electron chi connectivity index (χ4n) is 9.87. The Morgan fingerprint density at radius 1 is 0.462 bits per heavy atom. The van der Waals surface area contributed by atoms with E-state index in [2.05, 4.69) is 212 Å². The van der Waals surface area contributed by atoms with Gasteiger partial charge in [0, 0.05) is 69.5 Å². The van der Waals surface area contributed by atoms with Gasteiger partial charge in [0.25, 0.3) is 0 Å². The lowest BCUT2D eigenvalue weighted by Crippen LogP contribution is -2.06. The molecule has 0 bridgehead atoms. The number of allylic oxidation sites excluding steroid dienone is 4. The summed E-state index contributed by atoms with van der Waals surface area (Å²) in [6.45, 7) is 2.24. The zero-order valence-corrected chi connectivity index (χ0v) is 36.3. The van der Waals surface area contributed by atoms with Gasteiger partial charge in [-0.2, -0.15) is 0 Å². The molecule has 0 saturated carbocycles. The third-order valence-electron chi connectivity index (χ3n) is 13.0. The van der Waals surface area contributed by atoms with E-state index >= 15 is 0 Å². The van der Waals surface area contributed by atoms with Crippen molar-refractivity contribution in [2.24, 2.45) is 5.92 Å². The van der Waals surface area contributed by atoms with Gasteiger partial charge in [-0.15, -0.1) is 11.3 Å². The normalized spacial score (nSPS) is 14.0. The van der Waals surface area contributed by atoms with E-state index in [1.54, 1.807) is 0 Å². The molecule has 1 aliphatic rings. The summed E-state index contributed by atoms with van der Waals surface area (Å²) < 4.78 is 4.91. The van der Waals surface area contributed by atoms with Gasteiger partial charge < -0.3 is 4.57 Å². The maximum atomic E-state index is 5.34. The fourth-order valence-corrected chi connectivity index (χ4v) is 11.0. The van der Waals surface area contributed by atoms with Crippen LogP contribution in [0.4, 0.5) is 0 Å². The number of rotatable bonds is 6. The first kappa shape index (κ1) is 37.5. The third-order valence-corrected chi connectivity index (χ3v) is 14.1. The van der Waals surface area contributed by atoms with E-state index < -0.39 is 0 Å². The SMILES string of the molecule is CC1C=CC=C(c2nc(-c3ccc(-c4ccc5nc(-c6ccccc6)c6ccc7sc8ccccc8c7c6c5c4)cc3)nc(-c3ccc4c(c3)c3ccccc3n4-c3ccccc3)n2)C1. The molecule has 0 amide bonds. The van der Waals surface area contributed by atoms with Gasteiger partial charge in [-0.3, -0.25) is 0 Å². The molecule has 0 aliphatic heterocycles. The van der Waals surface area contributed by atoms with Crippen LogP contribution in [0.2, 0.25) is 0 Å². The minimum atomic E-state index is 0.396. The Kier molecular flexibility index (Phi) is 8.68. The van der Waals surface area contributed by atoms with E-state index in [-0.39, 0.29) is 0 Å². The average molecular weight is 850 g/mol. The molecule has 1 unspecified atom stereocenters. The van der Waals surface area contributed by atoms with Gasteiger partial charge in [0.15, 0.2) is 17.5 Å². The predicted octanol–water partition coefficient (Wildman–Crippen LogP) is 15.7. The predicted molar refractivity (Wildman–Crippen MR) is 273 cm³/mol. The highest BCUT2D eigenvalue weighted by Crippen LogP contribution is 2.44. The molecule has 1 atom stereocenters. The van der Waals surface area contributed by atoms with E-state index in [9.17, 15) is 0 Å². The van der Waals surface area contributed by atoms with Crippen LogP contribution < -0.4 is 0 Å². The topological polar surface area (TPSA) is 56.5 Å². The molecule has 306 valence electrons. The van der Waals surface area contributed by atoms with Crippen LogP contribution in [-0.4, -0.2) is 24.5 Å². The van der Waals surface area contributed by atoms with Gasteiger partial charge in [-0.05, 0) is 89.7 Å². The van der Waals surface area contributed by atoms with Crippen LogP contribution in [0.25, 0.3) is 120 Å². The second-order valence-corrected chi connectivity index (χ2v) is 18.2. The van der Waals surface area contributed by atoms with Crippen molar-refractivity contribution in [3.63, 3.8) is 0 Å². The number of nitrogens with zero attached hydrogens (tertiary/aromatic N) is 5. The standard InChI is InChI=1S/C59H39N5S/c1-36-13-12-16-41(33-36)58-61-57(62-59(63-58)42-28-31-51-47(35-42)44-19-8-10-21-50(44)64(51)43-17-6-3-7-18-43)39-25-23-37(24-26-39)40-27-30-49-48(34-40)54-46(56(60-49)38-14-4-2-5-15-38)29-32-53-55(54)45-20-9-11-22-52(45)65-53/h2-32,34-36H,33H2,1H3. The second-order valence-electron chi connectivity index (χ2n) is 17.1. The summed E-state index contributed by atoms with van der Waals surface area (Å²) in [5.74, 6) is 2.42. The van der Waals surface area contributed by atoms with Crippen molar-refractivity contribution in [3.8, 4) is 50.8 Å². The highest BCUT2D eigenvalue weighted by Gasteiger charge is 2.20. The zero-order chi connectivity index (χ0) is 43.0. The molecule has 12 aromatic rings. The first-order valence-electron chi connectivity index (χ1n) is 22.2. The van der Waals surface area contributed by atoms with Gasteiger partial charge >= 0.3 is 0 Å². The van der Waals surface area contributed by atoms with Crippen LogP contribution in [-0.2, 0) is 0 Å². The Hall–Kier alpha value is -8.06. The van der Waals surface area contributed by atoms with E-state index in [4.69, 9.17) is 19.9 Å². The van der Waals surface area contributed by atoms with Gasteiger partial charge in [0.1, 0.15) is 0 Å². The third kappa shape index (κ3) is 6.28. The summed E-state index contributed by atoms with van der Waals surface area (Å²) >= 11 is 1.85. The van der Waals surface area contributed by atoms with Crippen LogP contribution in [0.15, 0.2) is 200 Å². The molecule has 1 aliphatic carbocycles. The van der Waals surface area contributed by atoms with Crippen LogP contribution in [0.3, 0.4) is 0 Å². The highest BCUT2D eigenvalue weighted by molar-refractivity contribution is 7.26. The lowest BCUT2D eigenvalue weighted by atomic mass is 9.94. The van der Waals surface area contributed by atoms with E-state index in [1.807, 2.05) is 11.3 Å². The summed E-state index contributed by atoms with van der Waals surface area (Å²) in [4.78, 5) is 20.9. The van der Waals surface area contributed by atoms with Crippen molar-refractivity contribution in [1.29, 1.82) is 0 Å². The Labute approximate surface area is 379 Å². The lowest BCUT2D eigenvalue weighted by Gasteiger charge is -2.15. The summed E-state index contributed by atoms with van der Waals surface area (Å²) in [6, 6.07) is 65.0. The average Bonchev–Trinajstić information content (AvgIpc) is 3.92. The van der Waals surface area contributed by atoms with Crippen LogP contribution in [0, 0.1) is 5.92 Å². The smallest absolute Gasteiger partial charge is 0.164 e. The summed E-state index contributed by atoms with van der Waals surface area (Å²) in [6.07, 6.45) is 7.38. The Morgan fingerprint density at radius 2 is 1.12 bits per heavy atom. The van der Waals surface area contributed by atoms with Gasteiger partial charge in [-0.1, -0.05) is 146 Å². The quantitative estimate of drug-likeness (QED) is 0.156. The molecular weight excluding hydrogens is 811 g/mol. The largest absolute Gasteiger partial charge is 0.309 e. The van der Waals surface area contributed by atoms with Crippen LogP contribution >= 0.6 is 11.3 Å². The molecule has 6 heteroatoms. The number of hydrogen-bond acceptors (Lipinski definition) is 5. The number of thiophene rings is 1. The molecule has 0 N–H and O–H groups in total. The monoisotopic (exact) mass is 849 g/mol. The van der Waals surface area contributed by atoms with E-state index in [1.165, 1.54) is 30.9 Å². The molecule has 0 saturated heterocycles. The Bertz CT molecular complexity index is 3920. The maximum absolute atomic E-state index is 5.34. The number of para-hydroxylation sites is 2. The number of pyridine rings is 1. The number of benzene rings is 8. The van der Waals surface area contributed by atoms with E-state index in [0.29, 0.717) is 23.4 Å². The molecule has 0 fully saturated rings. The van der Waals surface area contributed by atoms with Crippen molar-refractivity contribution in [1.82, 2.24) is 24.5 Å². The number of aromatic nitrogens is 5. The number of hydrogen-bond donors (Lipinski definition) is 0. The molecule has 4 heterocycles. The van der Waals surface area contributed by atoms with Crippen molar-refractivity contribution in [2.75, 3.05) is 0 Å². The minimum Gasteiger partial charge on any atom is -0.309 e. The molecule has 5 nitrogen and oxygen atoms in total. The summed E-state index contributed by atoms with van der Waals surface area (Å²) in [5, 5.41) is 8.48. The van der Waals surface area contributed by atoms with Crippen molar-refractivity contribution >= 4 is 80.6 Å². The molecule has 13 rings (SSSR count). The maximum Gasteiger partial charge on any atom is 0.164 e. The van der Waals surface area contributed by atoms with Crippen molar-refractivity contribution in [2.45, 2.75) is 13.3 Å². The molecule has 4 aromatic heterocycles. The molecule has 8 aromatic carbocycles. The first-order chi connectivity index (χ1) is 32.1. The fraction of sp³-hybridized carbons (Fsp3) is 0.0508. The van der Waals surface area contributed by atoms with Crippen LogP contribution in [0.1, 0.15) is 19.2 Å². The first-order valence-corrected chi connectivity index (χ1v) is 23.0. The number of fused-ring (bicyclic) bond motifs is 10. The van der Waals surface area contributed by atoms with Gasteiger partial charge in [0.2, 0.25) is 0 Å². The van der Waals surface area contributed by atoms with Gasteiger partial charge in [0.05, 0.1) is 22.2 Å².